The van der Waals surface area contributed by atoms with Gasteiger partial charge in [-0.15, -0.1) is 0 Å². The van der Waals surface area contributed by atoms with Crippen molar-refractivity contribution in [3.05, 3.63) is 34.9 Å². The highest BCUT2D eigenvalue weighted by Crippen LogP contribution is 2.18. The van der Waals surface area contributed by atoms with Crippen LogP contribution in [0, 0.1) is 0 Å². The molecule has 0 aliphatic carbocycles. The number of halogens is 1. The van der Waals surface area contributed by atoms with E-state index in [2.05, 4.69) is 12.2 Å². The van der Waals surface area contributed by atoms with Crippen LogP contribution < -0.4 is 5.32 Å². The number of carbonyl (C=O) groups excluding carboxylic acids is 1. The summed E-state index contributed by atoms with van der Waals surface area (Å²) in [6.07, 6.45) is 1.55. The van der Waals surface area contributed by atoms with E-state index in [1.54, 1.807) is 0 Å². The van der Waals surface area contributed by atoms with E-state index in [4.69, 9.17) is 16.3 Å². The molecule has 3 nitrogen and oxygen atoms in total. The number of benzene rings is 1. The molecule has 0 fully saturated rings. The van der Waals surface area contributed by atoms with Gasteiger partial charge in [0.2, 0.25) is 0 Å². The Morgan fingerprint density at radius 3 is 2.47 bits per heavy atom. The van der Waals surface area contributed by atoms with Crippen molar-refractivity contribution in [2.24, 2.45) is 0 Å². The summed E-state index contributed by atoms with van der Waals surface area (Å²) in [5, 5.41) is 3.98. The highest BCUT2D eigenvalue weighted by atomic mass is 35.5. The Morgan fingerprint density at radius 1 is 1.32 bits per heavy atom. The first-order valence-corrected chi connectivity index (χ1v) is 7.06. The normalized spacial score (nSPS) is 13.9. The fraction of sp³-hybridized carbons (Fsp3) is 0.533. The second-order valence-electron chi connectivity index (χ2n) is 4.78. The van der Waals surface area contributed by atoms with Gasteiger partial charge in [0.05, 0.1) is 6.61 Å². The second-order valence-corrected chi connectivity index (χ2v) is 5.22. The summed E-state index contributed by atoms with van der Waals surface area (Å²) >= 11 is 5.87. The van der Waals surface area contributed by atoms with Crippen LogP contribution in [0.15, 0.2) is 24.3 Å². The number of rotatable bonds is 7. The Labute approximate surface area is 120 Å². The largest absolute Gasteiger partial charge is 0.465 e. The van der Waals surface area contributed by atoms with Crippen LogP contribution in [0.2, 0.25) is 5.02 Å². The van der Waals surface area contributed by atoms with Gasteiger partial charge in [-0.05, 0) is 44.5 Å². The molecule has 0 aliphatic rings. The maximum absolute atomic E-state index is 12.1. The van der Waals surface area contributed by atoms with Crippen LogP contribution in [0.1, 0.15) is 32.8 Å². The predicted molar refractivity (Wildman–Crippen MR) is 78.5 cm³/mol. The summed E-state index contributed by atoms with van der Waals surface area (Å²) in [5.74, 6) is -0.210. The lowest BCUT2D eigenvalue weighted by atomic mass is 9.92. The van der Waals surface area contributed by atoms with Crippen molar-refractivity contribution in [3.63, 3.8) is 0 Å². The molecule has 0 heterocycles. The molecule has 1 unspecified atom stereocenters. The molecule has 0 amide bonds. The molecule has 19 heavy (non-hydrogen) atoms. The predicted octanol–water partition coefficient (Wildman–Crippen LogP) is 3.20. The molecule has 1 N–H and O–H groups in total. The Bertz CT molecular complexity index is 405. The fourth-order valence-corrected chi connectivity index (χ4v) is 2.03. The van der Waals surface area contributed by atoms with E-state index in [1.165, 1.54) is 0 Å². The van der Waals surface area contributed by atoms with Gasteiger partial charge in [0.25, 0.3) is 0 Å². The number of hydrogen-bond acceptors (Lipinski definition) is 3. The number of nitrogens with one attached hydrogen (secondary N) is 1. The standard InChI is InChI=1S/C15H22ClNO2/c1-4-10-17-15(3,14(18)19-5-2)11-12-6-8-13(16)9-7-12/h6-9,17H,4-5,10-11H2,1-3H3. The third kappa shape index (κ3) is 4.84. The summed E-state index contributed by atoms with van der Waals surface area (Å²) in [5.41, 5.74) is 0.364. The van der Waals surface area contributed by atoms with Crippen LogP contribution in [0.25, 0.3) is 0 Å². The van der Waals surface area contributed by atoms with Crippen LogP contribution in [0.4, 0.5) is 0 Å². The lowest BCUT2D eigenvalue weighted by molar-refractivity contribution is -0.150. The van der Waals surface area contributed by atoms with E-state index < -0.39 is 5.54 Å². The van der Waals surface area contributed by atoms with Gasteiger partial charge in [-0.25, -0.2) is 0 Å². The van der Waals surface area contributed by atoms with Crippen LogP contribution in [-0.4, -0.2) is 24.7 Å². The summed E-state index contributed by atoms with van der Waals surface area (Å²) in [6, 6.07) is 7.55. The van der Waals surface area contributed by atoms with Crippen molar-refractivity contribution in [2.45, 2.75) is 39.2 Å². The van der Waals surface area contributed by atoms with Gasteiger partial charge in [-0.3, -0.25) is 4.79 Å². The van der Waals surface area contributed by atoms with E-state index in [9.17, 15) is 4.79 Å². The SMILES string of the molecule is CCCNC(C)(Cc1ccc(Cl)cc1)C(=O)OCC. The average molecular weight is 284 g/mol. The van der Waals surface area contributed by atoms with Crippen molar-refractivity contribution in [1.29, 1.82) is 0 Å². The number of ether oxygens (including phenoxy) is 1. The van der Waals surface area contributed by atoms with Crippen molar-refractivity contribution in [1.82, 2.24) is 5.32 Å². The number of carbonyl (C=O) groups is 1. The first-order valence-electron chi connectivity index (χ1n) is 6.68. The van der Waals surface area contributed by atoms with Gasteiger partial charge < -0.3 is 10.1 Å². The van der Waals surface area contributed by atoms with Gasteiger partial charge in [0, 0.05) is 11.4 Å². The summed E-state index contributed by atoms with van der Waals surface area (Å²) in [6.45, 7) is 6.95. The molecule has 0 aromatic heterocycles. The van der Waals surface area contributed by atoms with Crippen molar-refractivity contribution in [3.8, 4) is 0 Å². The molecule has 0 radical (unpaired) electrons. The zero-order valence-electron chi connectivity index (χ0n) is 11.8. The highest BCUT2D eigenvalue weighted by molar-refractivity contribution is 6.30. The zero-order chi connectivity index (χ0) is 14.3. The van der Waals surface area contributed by atoms with E-state index in [-0.39, 0.29) is 5.97 Å². The molecule has 0 saturated heterocycles. The molecule has 0 saturated carbocycles. The molecular weight excluding hydrogens is 262 g/mol. The third-order valence-corrected chi connectivity index (χ3v) is 3.21. The first kappa shape index (κ1) is 16.0. The second kappa shape index (κ2) is 7.51. The molecule has 0 aliphatic heterocycles. The molecule has 1 atom stereocenters. The highest BCUT2D eigenvalue weighted by Gasteiger charge is 2.34. The molecule has 106 valence electrons. The minimum Gasteiger partial charge on any atom is -0.465 e. The van der Waals surface area contributed by atoms with Crippen LogP contribution in [0.3, 0.4) is 0 Å². The monoisotopic (exact) mass is 283 g/mol. The van der Waals surface area contributed by atoms with Gasteiger partial charge in [0.15, 0.2) is 0 Å². The lowest BCUT2D eigenvalue weighted by Crippen LogP contribution is -2.52. The van der Waals surface area contributed by atoms with E-state index in [1.807, 2.05) is 38.1 Å². The molecule has 0 spiro atoms. The maximum atomic E-state index is 12.1. The molecule has 1 aromatic rings. The van der Waals surface area contributed by atoms with Gasteiger partial charge in [-0.1, -0.05) is 30.7 Å². The Balaban J connectivity index is 2.83. The maximum Gasteiger partial charge on any atom is 0.326 e. The summed E-state index contributed by atoms with van der Waals surface area (Å²) < 4.78 is 5.17. The van der Waals surface area contributed by atoms with E-state index in [0.717, 1.165) is 18.5 Å². The minimum absolute atomic E-state index is 0.210. The number of esters is 1. The van der Waals surface area contributed by atoms with Crippen LogP contribution >= 0.6 is 11.6 Å². The van der Waals surface area contributed by atoms with E-state index in [0.29, 0.717) is 18.1 Å². The average Bonchev–Trinajstić information content (AvgIpc) is 2.39. The van der Waals surface area contributed by atoms with Gasteiger partial charge >= 0.3 is 5.97 Å². The van der Waals surface area contributed by atoms with Crippen molar-refractivity contribution in [2.75, 3.05) is 13.2 Å². The quantitative estimate of drug-likeness (QED) is 0.781. The Kier molecular flexibility index (Phi) is 6.32. The molecular formula is C15H22ClNO2. The topological polar surface area (TPSA) is 38.3 Å². The Hall–Kier alpha value is -1.06. The number of hydrogen-bond donors (Lipinski definition) is 1. The van der Waals surface area contributed by atoms with Crippen molar-refractivity contribution < 1.29 is 9.53 Å². The van der Waals surface area contributed by atoms with Gasteiger partial charge in [0.1, 0.15) is 5.54 Å². The molecule has 1 rings (SSSR count). The van der Waals surface area contributed by atoms with E-state index >= 15 is 0 Å². The van der Waals surface area contributed by atoms with Crippen LogP contribution in [0.5, 0.6) is 0 Å². The smallest absolute Gasteiger partial charge is 0.326 e. The molecule has 0 bridgehead atoms. The fourth-order valence-electron chi connectivity index (χ4n) is 1.91. The zero-order valence-corrected chi connectivity index (χ0v) is 12.6. The third-order valence-electron chi connectivity index (χ3n) is 2.96. The van der Waals surface area contributed by atoms with Crippen molar-refractivity contribution >= 4 is 17.6 Å². The Morgan fingerprint density at radius 2 is 1.95 bits per heavy atom. The minimum atomic E-state index is -0.695. The summed E-state index contributed by atoms with van der Waals surface area (Å²) in [7, 11) is 0. The van der Waals surface area contributed by atoms with Crippen LogP contribution in [-0.2, 0) is 16.0 Å². The lowest BCUT2D eigenvalue weighted by Gasteiger charge is -2.28. The molecule has 1 aromatic carbocycles. The first-order chi connectivity index (χ1) is 9.01. The van der Waals surface area contributed by atoms with Gasteiger partial charge in [-0.2, -0.15) is 0 Å². The summed E-state index contributed by atoms with van der Waals surface area (Å²) in [4.78, 5) is 12.1. The molecule has 4 heteroatoms.